The zero-order chi connectivity index (χ0) is 13.8. The lowest BCUT2D eigenvalue weighted by Gasteiger charge is -2.33. The molecule has 0 bridgehead atoms. The van der Waals surface area contributed by atoms with Crippen molar-refractivity contribution < 1.29 is 9.53 Å². The van der Waals surface area contributed by atoms with E-state index in [0.717, 1.165) is 12.8 Å². The fourth-order valence-corrected chi connectivity index (χ4v) is 2.04. The predicted molar refractivity (Wildman–Crippen MR) is 69.9 cm³/mol. The molecule has 1 rings (SSSR count). The molecule has 1 heterocycles. The van der Waals surface area contributed by atoms with Gasteiger partial charge in [-0.05, 0) is 24.2 Å². The second-order valence-corrected chi connectivity index (χ2v) is 6.37. The van der Waals surface area contributed by atoms with Gasteiger partial charge in [-0.25, -0.2) is 4.79 Å². The van der Waals surface area contributed by atoms with Crippen LogP contribution in [0.4, 0.5) is 4.79 Å². The van der Waals surface area contributed by atoms with E-state index in [2.05, 4.69) is 26.8 Å². The minimum absolute atomic E-state index is 0.0728. The lowest BCUT2D eigenvalue weighted by molar-refractivity contribution is 0.0719. The van der Waals surface area contributed by atoms with Crippen LogP contribution >= 0.6 is 0 Å². The first-order chi connectivity index (χ1) is 8.33. The maximum Gasteiger partial charge on any atom is 0.409 e. The summed E-state index contributed by atoms with van der Waals surface area (Å²) in [6, 6.07) is 2.30. The SMILES string of the molecule is CC1CN(C(=O)OCCC(C)(C)C)CCC1C#N. The summed E-state index contributed by atoms with van der Waals surface area (Å²) in [6.45, 7) is 10.1. The molecule has 1 saturated heterocycles. The summed E-state index contributed by atoms with van der Waals surface area (Å²) in [5.74, 6) is 0.308. The Morgan fingerprint density at radius 3 is 2.67 bits per heavy atom. The summed E-state index contributed by atoms with van der Waals surface area (Å²) >= 11 is 0. The summed E-state index contributed by atoms with van der Waals surface area (Å²) < 4.78 is 5.28. The Balaban J connectivity index is 2.34. The third-order valence-corrected chi connectivity index (χ3v) is 3.41. The molecule has 0 aromatic rings. The number of hydrogen-bond donors (Lipinski definition) is 0. The standard InChI is InChI=1S/C14H24N2O2/c1-11-10-16(7-5-12(11)9-15)13(17)18-8-6-14(2,3)4/h11-12H,5-8,10H2,1-4H3. The smallest absolute Gasteiger partial charge is 0.409 e. The molecule has 0 radical (unpaired) electrons. The van der Waals surface area contributed by atoms with Crippen molar-refractivity contribution >= 4 is 6.09 Å². The molecule has 4 heteroatoms. The molecule has 0 aromatic heterocycles. The quantitative estimate of drug-likeness (QED) is 0.759. The van der Waals surface area contributed by atoms with Gasteiger partial charge >= 0.3 is 6.09 Å². The zero-order valence-electron chi connectivity index (χ0n) is 11.9. The normalized spacial score (nSPS) is 24.5. The van der Waals surface area contributed by atoms with Crippen LogP contribution < -0.4 is 0 Å². The van der Waals surface area contributed by atoms with Gasteiger partial charge < -0.3 is 9.64 Å². The van der Waals surface area contributed by atoms with Gasteiger partial charge in [0.1, 0.15) is 0 Å². The van der Waals surface area contributed by atoms with Crippen molar-refractivity contribution in [1.82, 2.24) is 4.90 Å². The van der Waals surface area contributed by atoms with E-state index >= 15 is 0 Å². The van der Waals surface area contributed by atoms with Gasteiger partial charge in [-0.2, -0.15) is 5.26 Å². The first-order valence-corrected chi connectivity index (χ1v) is 6.65. The number of nitriles is 1. The number of hydrogen-bond acceptors (Lipinski definition) is 3. The minimum atomic E-state index is -0.234. The van der Waals surface area contributed by atoms with E-state index < -0.39 is 0 Å². The first kappa shape index (κ1) is 14.8. The highest BCUT2D eigenvalue weighted by atomic mass is 16.6. The molecule has 0 aliphatic carbocycles. The molecule has 18 heavy (non-hydrogen) atoms. The molecule has 1 fully saturated rings. The third kappa shape index (κ3) is 4.56. The molecule has 1 aliphatic rings. The minimum Gasteiger partial charge on any atom is -0.449 e. The van der Waals surface area contributed by atoms with Crippen LogP contribution in [0.15, 0.2) is 0 Å². The summed E-state index contributed by atoms with van der Waals surface area (Å²) in [5.41, 5.74) is 0.182. The average Bonchev–Trinajstić information content (AvgIpc) is 2.27. The van der Waals surface area contributed by atoms with Gasteiger partial charge in [-0.3, -0.25) is 0 Å². The molecule has 0 spiro atoms. The Morgan fingerprint density at radius 2 is 2.17 bits per heavy atom. The van der Waals surface area contributed by atoms with Crippen LogP contribution in [-0.2, 0) is 4.74 Å². The van der Waals surface area contributed by atoms with Crippen molar-refractivity contribution in [3.63, 3.8) is 0 Å². The number of piperidine rings is 1. The van der Waals surface area contributed by atoms with E-state index in [4.69, 9.17) is 10.00 Å². The van der Waals surface area contributed by atoms with Crippen LogP contribution in [0.1, 0.15) is 40.5 Å². The second kappa shape index (κ2) is 6.08. The Bertz CT molecular complexity index is 328. The number of likely N-dealkylation sites (tertiary alicyclic amines) is 1. The Hall–Kier alpha value is -1.24. The van der Waals surface area contributed by atoms with Crippen LogP contribution in [-0.4, -0.2) is 30.7 Å². The van der Waals surface area contributed by atoms with Gasteiger partial charge in [0.2, 0.25) is 0 Å². The molecule has 2 atom stereocenters. The summed E-state index contributed by atoms with van der Waals surface area (Å²) in [4.78, 5) is 13.6. The van der Waals surface area contributed by atoms with Crippen molar-refractivity contribution in [1.29, 1.82) is 5.26 Å². The highest BCUT2D eigenvalue weighted by molar-refractivity contribution is 5.67. The number of nitrogens with zero attached hydrogens (tertiary/aromatic N) is 2. The fourth-order valence-electron chi connectivity index (χ4n) is 2.04. The van der Waals surface area contributed by atoms with Crippen molar-refractivity contribution in [2.45, 2.75) is 40.5 Å². The molecular formula is C14H24N2O2. The van der Waals surface area contributed by atoms with E-state index in [9.17, 15) is 4.79 Å². The van der Waals surface area contributed by atoms with Crippen molar-refractivity contribution in [3.8, 4) is 6.07 Å². The van der Waals surface area contributed by atoms with Crippen LogP contribution in [0.3, 0.4) is 0 Å². The van der Waals surface area contributed by atoms with Crippen LogP contribution in [0.2, 0.25) is 0 Å². The fraction of sp³-hybridized carbons (Fsp3) is 0.857. The van der Waals surface area contributed by atoms with E-state index in [0.29, 0.717) is 19.7 Å². The lowest BCUT2D eigenvalue weighted by atomic mass is 9.88. The van der Waals surface area contributed by atoms with Gasteiger partial charge in [0.25, 0.3) is 0 Å². The zero-order valence-corrected chi connectivity index (χ0v) is 11.9. The molecule has 0 saturated carbocycles. The van der Waals surface area contributed by atoms with Crippen LogP contribution in [0.5, 0.6) is 0 Å². The van der Waals surface area contributed by atoms with E-state index in [1.165, 1.54) is 0 Å². The van der Waals surface area contributed by atoms with Gasteiger partial charge in [-0.15, -0.1) is 0 Å². The predicted octanol–water partition coefficient (Wildman–Crippen LogP) is 3.04. The Kier molecular flexibility index (Phi) is 5.01. The maximum absolute atomic E-state index is 11.8. The number of rotatable bonds is 2. The van der Waals surface area contributed by atoms with Gasteiger partial charge in [0, 0.05) is 13.1 Å². The monoisotopic (exact) mass is 252 g/mol. The number of carbonyl (C=O) groups excluding carboxylic acids is 1. The molecular weight excluding hydrogens is 228 g/mol. The number of amides is 1. The molecule has 1 amide bonds. The van der Waals surface area contributed by atoms with Gasteiger partial charge in [0.05, 0.1) is 18.6 Å². The molecule has 2 unspecified atom stereocenters. The summed E-state index contributed by atoms with van der Waals surface area (Å²) in [7, 11) is 0. The highest BCUT2D eigenvalue weighted by Crippen LogP contribution is 2.23. The molecule has 1 aliphatic heterocycles. The van der Waals surface area contributed by atoms with Gasteiger partial charge in [-0.1, -0.05) is 27.7 Å². The molecule has 102 valence electrons. The Labute approximate surface area is 110 Å². The Morgan fingerprint density at radius 1 is 1.50 bits per heavy atom. The lowest BCUT2D eigenvalue weighted by Crippen LogP contribution is -2.43. The van der Waals surface area contributed by atoms with Crippen molar-refractivity contribution in [3.05, 3.63) is 0 Å². The summed E-state index contributed by atoms with van der Waals surface area (Å²) in [5, 5.41) is 8.93. The first-order valence-electron chi connectivity index (χ1n) is 6.65. The van der Waals surface area contributed by atoms with Gasteiger partial charge in [0.15, 0.2) is 0 Å². The summed E-state index contributed by atoms with van der Waals surface area (Å²) in [6.07, 6.45) is 1.39. The highest BCUT2D eigenvalue weighted by Gasteiger charge is 2.29. The maximum atomic E-state index is 11.8. The van der Waals surface area contributed by atoms with Crippen molar-refractivity contribution in [2.75, 3.05) is 19.7 Å². The van der Waals surface area contributed by atoms with E-state index in [1.54, 1.807) is 4.90 Å². The second-order valence-electron chi connectivity index (χ2n) is 6.37. The van der Waals surface area contributed by atoms with Crippen molar-refractivity contribution in [2.24, 2.45) is 17.3 Å². The van der Waals surface area contributed by atoms with E-state index in [1.807, 2.05) is 6.92 Å². The average molecular weight is 252 g/mol. The number of ether oxygens (including phenoxy) is 1. The van der Waals surface area contributed by atoms with E-state index in [-0.39, 0.29) is 23.3 Å². The third-order valence-electron chi connectivity index (χ3n) is 3.41. The van der Waals surface area contributed by atoms with Crippen LogP contribution in [0, 0.1) is 28.6 Å². The largest absolute Gasteiger partial charge is 0.449 e. The molecule has 4 nitrogen and oxygen atoms in total. The molecule has 0 N–H and O–H groups in total. The van der Waals surface area contributed by atoms with Crippen LogP contribution in [0.25, 0.3) is 0 Å². The molecule has 0 aromatic carbocycles. The topological polar surface area (TPSA) is 53.3 Å². The number of carbonyl (C=O) groups is 1.